The Labute approximate surface area is 140 Å². The lowest BCUT2D eigenvalue weighted by Gasteiger charge is -2.15. The number of rotatable bonds is 7. The number of para-hydroxylation sites is 1. The van der Waals surface area contributed by atoms with Gasteiger partial charge in [0.2, 0.25) is 0 Å². The molecule has 0 unspecified atom stereocenters. The summed E-state index contributed by atoms with van der Waals surface area (Å²) in [5.74, 6) is -0.142. The SMILES string of the molecule is COC(=O)CCCN(C)C(=O)c1nn(-c2ccccc2)cc1OC. The molecular formula is C17H21N3O4. The summed E-state index contributed by atoms with van der Waals surface area (Å²) >= 11 is 0. The lowest BCUT2D eigenvalue weighted by molar-refractivity contribution is -0.140. The second kappa shape index (κ2) is 8.14. The average Bonchev–Trinajstić information content (AvgIpc) is 3.05. The van der Waals surface area contributed by atoms with Crippen molar-refractivity contribution >= 4 is 11.9 Å². The lowest BCUT2D eigenvalue weighted by Crippen LogP contribution is -2.29. The fraction of sp³-hybridized carbons (Fsp3) is 0.353. The Morgan fingerprint density at radius 3 is 2.54 bits per heavy atom. The molecule has 7 nitrogen and oxygen atoms in total. The van der Waals surface area contributed by atoms with Gasteiger partial charge in [-0.2, -0.15) is 5.10 Å². The molecule has 2 rings (SSSR count). The number of hydrogen-bond acceptors (Lipinski definition) is 5. The van der Waals surface area contributed by atoms with Gasteiger partial charge in [0.05, 0.1) is 26.1 Å². The molecule has 0 radical (unpaired) electrons. The first-order chi connectivity index (χ1) is 11.6. The van der Waals surface area contributed by atoms with Crippen LogP contribution in [-0.2, 0) is 9.53 Å². The maximum absolute atomic E-state index is 12.6. The molecule has 1 amide bonds. The topological polar surface area (TPSA) is 73.7 Å². The Bertz CT molecular complexity index is 697. The highest BCUT2D eigenvalue weighted by atomic mass is 16.5. The van der Waals surface area contributed by atoms with Crippen LogP contribution in [0, 0.1) is 0 Å². The number of carbonyl (C=O) groups is 2. The van der Waals surface area contributed by atoms with E-state index in [1.54, 1.807) is 17.9 Å². The monoisotopic (exact) mass is 331 g/mol. The largest absolute Gasteiger partial charge is 0.493 e. The van der Waals surface area contributed by atoms with E-state index in [-0.39, 0.29) is 24.0 Å². The van der Waals surface area contributed by atoms with Crippen LogP contribution in [0.2, 0.25) is 0 Å². The highest BCUT2D eigenvalue weighted by molar-refractivity contribution is 5.94. The van der Waals surface area contributed by atoms with Crippen molar-refractivity contribution in [2.75, 3.05) is 27.8 Å². The number of amides is 1. The first-order valence-corrected chi connectivity index (χ1v) is 7.58. The van der Waals surface area contributed by atoms with Gasteiger partial charge in [0.1, 0.15) is 0 Å². The maximum atomic E-state index is 12.6. The smallest absolute Gasteiger partial charge is 0.305 e. The van der Waals surface area contributed by atoms with Crippen molar-refractivity contribution in [2.45, 2.75) is 12.8 Å². The van der Waals surface area contributed by atoms with Gasteiger partial charge in [-0.05, 0) is 18.6 Å². The van der Waals surface area contributed by atoms with Crippen LogP contribution in [0.25, 0.3) is 5.69 Å². The van der Waals surface area contributed by atoms with E-state index in [4.69, 9.17) is 4.74 Å². The van der Waals surface area contributed by atoms with Crippen molar-refractivity contribution < 1.29 is 19.1 Å². The standard InChI is InChI=1S/C17H21N3O4/c1-19(11-7-10-15(21)24-3)17(22)16-14(23-2)12-20(18-16)13-8-5-4-6-9-13/h4-6,8-9,12H,7,10-11H2,1-3H3. The Morgan fingerprint density at radius 2 is 1.92 bits per heavy atom. The third-order valence-electron chi connectivity index (χ3n) is 3.57. The number of hydrogen-bond donors (Lipinski definition) is 0. The molecule has 1 aromatic carbocycles. The molecule has 0 aliphatic carbocycles. The van der Waals surface area contributed by atoms with Crippen LogP contribution in [0.15, 0.2) is 36.5 Å². The van der Waals surface area contributed by atoms with Gasteiger partial charge >= 0.3 is 5.97 Å². The van der Waals surface area contributed by atoms with Gasteiger partial charge in [0, 0.05) is 20.0 Å². The molecule has 128 valence electrons. The molecule has 1 aromatic heterocycles. The van der Waals surface area contributed by atoms with E-state index in [2.05, 4.69) is 9.84 Å². The number of carbonyl (C=O) groups excluding carboxylic acids is 2. The average molecular weight is 331 g/mol. The molecule has 0 fully saturated rings. The van der Waals surface area contributed by atoms with E-state index < -0.39 is 0 Å². The molecule has 0 N–H and O–H groups in total. The number of esters is 1. The first kappa shape index (κ1) is 17.5. The van der Waals surface area contributed by atoms with E-state index in [0.717, 1.165) is 5.69 Å². The fourth-order valence-electron chi connectivity index (χ4n) is 2.21. The molecular weight excluding hydrogens is 310 g/mol. The third-order valence-corrected chi connectivity index (χ3v) is 3.57. The second-order valence-corrected chi connectivity index (χ2v) is 5.23. The molecule has 0 atom stereocenters. The molecule has 0 aliphatic rings. The van der Waals surface area contributed by atoms with Gasteiger partial charge in [-0.1, -0.05) is 18.2 Å². The van der Waals surface area contributed by atoms with Crippen LogP contribution in [0.3, 0.4) is 0 Å². The summed E-state index contributed by atoms with van der Waals surface area (Å²) in [6, 6.07) is 9.47. The van der Waals surface area contributed by atoms with Gasteiger partial charge in [-0.25, -0.2) is 4.68 Å². The molecule has 7 heteroatoms. The van der Waals surface area contributed by atoms with Crippen molar-refractivity contribution in [3.63, 3.8) is 0 Å². The van der Waals surface area contributed by atoms with Gasteiger partial charge in [-0.3, -0.25) is 9.59 Å². The summed E-state index contributed by atoms with van der Waals surface area (Å²) < 4.78 is 11.5. The predicted molar refractivity (Wildman–Crippen MR) is 88.3 cm³/mol. The maximum Gasteiger partial charge on any atom is 0.305 e. The van der Waals surface area contributed by atoms with Crippen molar-refractivity contribution in [1.82, 2.24) is 14.7 Å². The van der Waals surface area contributed by atoms with Gasteiger partial charge in [0.25, 0.3) is 5.91 Å². The zero-order valence-electron chi connectivity index (χ0n) is 14.1. The highest BCUT2D eigenvalue weighted by Crippen LogP contribution is 2.20. The number of ether oxygens (including phenoxy) is 2. The van der Waals surface area contributed by atoms with Crippen LogP contribution in [0.1, 0.15) is 23.3 Å². The number of aromatic nitrogens is 2. The Kier molecular flexibility index (Phi) is 5.95. The van der Waals surface area contributed by atoms with Crippen molar-refractivity contribution in [1.29, 1.82) is 0 Å². The summed E-state index contributed by atoms with van der Waals surface area (Å²) in [5.41, 5.74) is 1.07. The summed E-state index contributed by atoms with van der Waals surface area (Å²) in [6.07, 6.45) is 2.46. The van der Waals surface area contributed by atoms with Gasteiger partial charge in [-0.15, -0.1) is 0 Å². The molecule has 24 heavy (non-hydrogen) atoms. The van der Waals surface area contributed by atoms with Crippen LogP contribution in [0.5, 0.6) is 5.75 Å². The summed E-state index contributed by atoms with van der Waals surface area (Å²) in [6.45, 7) is 0.426. The molecule has 2 aromatic rings. The summed E-state index contributed by atoms with van der Waals surface area (Å²) in [7, 11) is 4.51. The Morgan fingerprint density at radius 1 is 1.21 bits per heavy atom. The minimum atomic E-state index is -0.290. The lowest BCUT2D eigenvalue weighted by atomic mass is 10.3. The zero-order valence-corrected chi connectivity index (χ0v) is 14.1. The predicted octanol–water partition coefficient (Wildman–Crippen LogP) is 1.91. The highest BCUT2D eigenvalue weighted by Gasteiger charge is 2.21. The van der Waals surface area contributed by atoms with Crippen LogP contribution in [0.4, 0.5) is 0 Å². The van der Waals surface area contributed by atoms with Crippen LogP contribution < -0.4 is 4.74 Å². The number of nitrogens with zero attached hydrogens (tertiary/aromatic N) is 3. The van der Waals surface area contributed by atoms with E-state index in [0.29, 0.717) is 18.7 Å². The van der Waals surface area contributed by atoms with Crippen molar-refractivity contribution in [2.24, 2.45) is 0 Å². The zero-order chi connectivity index (χ0) is 17.5. The molecule has 0 aliphatic heterocycles. The van der Waals surface area contributed by atoms with Crippen LogP contribution >= 0.6 is 0 Å². The van der Waals surface area contributed by atoms with Gasteiger partial charge < -0.3 is 14.4 Å². The first-order valence-electron chi connectivity index (χ1n) is 7.58. The van der Waals surface area contributed by atoms with Crippen molar-refractivity contribution in [3.05, 3.63) is 42.2 Å². The quantitative estimate of drug-likeness (QED) is 0.725. The van der Waals surface area contributed by atoms with Gasteiger partial charge in [0.15, 0.2) is 11.4 Å². The normalized spacial score (nSPS) is 10.3. The van der Waals surface area contributed by atoms with Crippen molar-refractivity contribution in [3.8, 4) is 11.4 Å². The van der Waals surface area contributed by atoms with E-state index in [9.17, 15) is 9.59 Å². The molecule has 0 spiro atoms. The minimum Gasteiger partial charge on any atom is -0.493 e. The van der Waals surface area contributed by atoms with E-state index in [1.165, 1.54) is 19.1 Å². The minimum absolute atomic E-state index is 0.238. The Hall–Kier alpha value is -2.83. The molecule has 0 bridgehead atoms. The summed E-state index contributed by atoms with van der Waals surface area (Å²) in [5, 5.41) is 4.34. The molecule has 1 heterocycles. The number of benzene rings is 1. The van der Waals surface area contributed by atoms with E-state index in [1.807, 2.05) is 30.3 Å². The second-order valence-electron chi connectivity index (χ2n) is 5.23. The third kappa shape index (κ3) is 4.13. The molecule has 0 saturated carbocycles. The van der Waals surface area contributed by atoms with E-state index >= 15 is 0 Å². The Balaban J connectivity index is 2.11. The molecule has 0 saturated heterocycles. The number of methoxy groups -OCH3 is 2. The summed E-state index contributed by atoms with van der Waals surface area (Å²) in [4.78, 5) is 25.2. The van der Waals surface area contributed by atoms with Crippen LogP contribution in [-0.4, -0.2) is 54.4 Å². The fourth-order valence-corrected chi connectivity index (χ4v) is 2.21.